The maximum atomic E-state index is 11.7. The molecule has 0 bridgehead atoms. The molecule has 1 aliphatic heterocycles. The van der Waals surface area contributed by atoms with E-state index in [-0.39, 0.29) is 5.91 Å². The van der Waals surface area contributed by atoms with Crippen LogP contribution in [0.25, 0.3) is 0 Å². The van der Waals surface area contributed by atoms with Gasteiger partial charge in [0.15, 0.2) is 0 Å². The van der Waals surface area contributed by atoms with Crippen LogP contribution in [0.1, 0.15) is 42.1 Å². The Morgan fingerprint density at radius 2 is 2.11 bits per heavy atom. The van der Waals surface area contributed by atoms with Crippen LogP contribution in [-0.2, 0) is 4.79 Å². The number of carbonyl (C=O) groups excluding carboxylic acids is 1. The van der Waals surface area contributed by atoms with Crippen molar-refractivity contribution in [2.45, 2.75) is 39.2 Å². The fraction of sp³-hybridized carbons (Fsp3) is 0.533. The summed E-state index contributed by atoms with van der Waals surface area (Å²) in [6.07, 6.45) is 2.08. The lowest BCUT2D eigenvalue weighted by Crippen LogP contribution is -2.38. The summed E-state index contributed by atoms with van der Waals surface area (Å²) in [6, 6.07) is 6.03. The number of hydrogen-bond acceptors (Lipinski definition) is 2. The molecular formula is C15H21NO2. The Bertz CT molecular complexity index is 442. The Balaban J connectivity index is 2.06. The summed E-state index contributed by atoms with van der Waals surface area (Å²) in [4.78, 5) is 13.5. The highest BCUT2D eigenvalue weighted by Gasteiger charge is 2.22. The van der Waals surface area contributed by atoms with E-state index in [9.17, 15) is 9.90 Å². The molecule has 1 heterocycles. The summed E-state index contributed by atoms with van der Waals surface area (Å²) in [7, 11) is 0. The number of aliphatic hydroxyl groups excluding tert-OH is 1. The molecule has 1 N–H and O–H groups in total. The van der Waals surface area contributed by atoms with Crippen molar-refractivity contribution in [3.8, 4) is 0 Å². The van der Waals surface area contributed by atoms with Gasteiger partial charge in [0, 0.05) is 13.0 Å². The first-order valence-electron chi connectivity index (χ1n) is 6.61. The van der Waals surface area contributed by atoms with Crippen LogP contribution in [-0.4, -0.2) is 29.0 Å². The van der Waals surface area contributed by atoms with Crippen molar-refractivity contribution in [3.05, 3.63) is 34.9 Å². The minimum atomic E-state index is -0.576. The molecule has 1 saturated heterocycles. The lowest BCUT2D eigenvalue weighted by atomic mass is 10.00. The predicted octanol–water partition coefficient (Wildman–Crippen LogP) is 2.35. The molecule has 1 fully saturated rings. The number of β-amino-alcohol motifs (C(OH)–C–C–N with tert-alkyl or cyclic N) is 1. The number of benzene rings is 1. The molecule has 3 nitrogen and oxygen atoms in total. The molecule has 1 atom stereocenters. The van der Waals surface area contributed by atoms with E-state index in [4.69, 9.17) is 0 Å². The van der Waals surface area contributed by atoms with Crippen LogP contribution >= 0.6 is 0 Å². The minimum absolute atomic E-state index is 0.171. The van der Waals surface area contributed by atoms with E-state index < -0.39 is 6.10 Å². The largest absolute Gasteiger partial charge is 0.387 e. The van der Waals surface area contributed by atoms with Gasteiger partial charge < -0.3 is 10.0 Å². The molecule has 0 aliphatic carbocycles. The molecule has 98 valence electrons. The third-order valence-corrected chi connectivity index (χ3v) is 3.60. The van der Waals surface area contributed by atoms with Gasteiger partial charge in [0.25, 0.3) is 0 Å². The second kappa shape index (κ2) is 5.53. The zero-order chi connectivity index (χ0) is 13.1. The van der Waals surface area contributed by atoms with E-state index in [1.165, 1.54) is 5.56 Å². The van der Waals surface area contributed by atoms with Crippen molar-refractivity contribution < 1.29 is 9.90 Å². The molecule has 0 radical (unpaired) electrons. The molecule has 18 heavy (non-hydrogen) atoms. The van der Waals surface area contributed by atoms with Gasteiger partial charge in [0.2, 0.25) is 5.91 Å². The second-order valence-electron chi connectivity index (χ2n) is 5.17. The van der Waals surface area contributed by atoms with Gasteiger partial charge >= 0.3 is 0 Å². The van der Waals surface area contributed by atoms with E-state index in [1.807, 2.05) is 26.0 Å². The van der Waals surface area contributed by atoms with Crippen LogP contribution in [0.15, 0.2) is 18.2 Å². The van der Waals surface area contributed by atoms with Crippen molar-refractivity contribution in [1.82, 2.24) is 4.90 Å². The summed E-state index contributed by atoms with van der Waals surface area (Å²) in [6.45, 7) is 5.24. The second-order valence-corrected chi connectivity index (χ2v) is 5.17. The highest BCUT2D eigenvalue weighted by atomic mass is 16.3. The van der Waals surface area contributed by atoms with Gasteiger partial charge in [-0.3, -0.25) is 4.79 Å². The quantitative estimate of drug-likeness (QED) is 0.890. The number of amides is 1. The van der Waals surface area contributed by atoms with Crippen molar-refractivity contribution in [3.63, 3.8) is 0 Å². The van der Waals surface area contributed by atoms with E-state index in [0.29, 0.717) is 13.0 Å². The molecule has 2 rings (SSSR count). The lowest BCUT2D eigenvalue weighted by Gasteiger charge is -2.29. The summed E-state index contributed by atoms with van der Waals surface area (Å²) in [5.41, 5.74) is 3.21. The van der Waals surface area contributed by atoms with Gasteiger partial charge in [0.1, 0.15) is 0 Å². The first kappa shape index (κ1) is 13.1. The summed E-state index contributed by atoms with van der Waals surface area (Å²) in [5.74, 6) is 0.171. The number of carbonyl (C=O) groups is 1. The average Bonchev–Trinajstić information content (AvgIpc) is 2.32. The fourth-order valence-electron chi connectivity index (χ4n) is 2.56. The summed E-state index contributed by atoms with van der Waals surface area (Å²) >= 11 is 0. The normalized spacial score (nSPS) is 17.9. The van der Waals surface area contributed by atoms with E-state index in [1.54, 1.807) is 4.90 Å². The molecular weight excluding hydrogens is 226 g/mol. The monoisotopic (exact) mass is 247 g/mol. The van der Waals surface area contributed by atoms with Gasteiger partial charge in [0.05, 0.1) is 12.6 Å². The van der Waals surface area contributed by atoms with Crippen molar-refractivity contribution >= 4 is 5.91 Å². The number of rotatable bonds is 3. The van der Waals surface area contributed by atoms with Gasteiger partial charge in [-0.25, -0.2) is 0 Å². The van der Waals surface area contributed by atoms with E-state index in [2.05, 4.69) is 6.07 Å². The summed E-state index contributed by atoms with van der Waals surface area (Å²) in [5, 5.41) is 10.3. The molecule has 1 aromatic carbocycles. The Kier molecular flexibility index (Phi) is 4.02. The van der Waals surface area contributed by atoms with Crippen LogP contribution in [0.2, 0.25) is 0 Å². The SMILES string of the molecule is Cc1ccc(C(O)CN2CCCCC2=O)c(C)c1. The lowest BCUT2D eigenvalue weighted by molar-refractivity contribution is -0.134. The molecule has 1 amide bonds. The Morgan fingerprint density at radius 1 is 1.33 bits per heavy atom. The minimum Gasteiger partial charge on any atom is -0.387 e. The maximum Gasteiger partial charge on any atom is 0.222 e. The van der Waals surface area contributed by atoms with E-state index in [0.717, 1.165) is 30.5 Å². The highest BCUT2D eigenvalue weighted by molar-refractivity contribution is 5.76. The Labute approximate surface area is 108 Å². The standard InChI is InChI=1S/C15H21NO2/c1-11-6-7-13(12(2)9-11)14(17)10-16-8-4-3-5-15(16)18/h6-7,9,14,17H,3-5,8,10H2,1-2H3. The fourth-order valence-corrected chi connectivity index (χ4v) is 2.56. The van der Waals surface area contributed by atoms with Gasteiger partial charge in [-0.15, -0.1) is 0 Å². The van der Waals surface area contributed by atoms with Crippen molar-refractivity contribution in [2.75, 3.05) is 13.1 Å². The van der Waals surface area contributed by atoms with Crippen LogP contribution in [0.5, 0.6) is 0 Å². The summed E-state index contributed by atoms with van der Waals surface area (Å²) < 4.78 is 0. The first-order chi connectivity index (χ1) is 8.58. The Morgan fingerprint density at radius 3 is 2.78 bits per heavy atom. The average molecular weight is 247 g/mol. The molecule has 0 saturated carbocycles. The Hall–Kier alpha value is -1.35. The van der Waals surface area contributed by atoms with Crippen LogP contribution in [0.3, 0.4) is 0 Å². The van der Waals surface area contributed by atoms with Crippen LogP contribution in [0.4, 0.5) is 0 Å². The molecule has 1 aliphatic rings. The van der Waals surface area contributed by atoms with E-state index >= 15 is 0 Å². The van der Waals surface area contributed by atoms with Gasteiger partial charge in [-0.2, -0.15) is 0 Å². The third-order valence-electron chi connectivity index (χ3n) is 3.60. The molecule has 0 spiro atoms. The molecule has 3 heteroatoms. The smallest absolute Gasteiger partial charge is 0.222 e. The van der Waals surface area contributed by atoms with Gasteiger partial charge in [-0.1, -0.05) is 23.8 Å². The number of aryl methyl sites for hydroxylation is 2. The number of nitrogens with zero attached hydrogens (tertiary/aromatic N) is 1. The number of piperidine rings is 1. The van der Waals surface area contributed by atoms with Crippen LogP contribution in [0, 0.1) is 13.8 Å². The molecule has 1 unspecified atom stereocenters. The van der Waals surface area contributed by atoms with Gasteiger partial charge in [-0.05, 0) is 37.8 Å². The third kappa shape index (κ3) is 2.91. The first-order valence-corrected chi connectivity index (χ1v) is 6.61. The number of likely N-dealkylation sites (tertiary alicyclic amines) is 1. The number of hydrogen-bond donors (Lipinski definition) is 1. The van der Waals surface area contributed by atoms with Crippen molar-refractivity contribution in [2.24, 2.45) is 0 Å². The maximum absolute atomic E-state index is 11.7. The molecule has 1 aromatic rings. The zero-order valence-electron chi connectivity index (χ0n) is 11.1. The topological polar surface area (TPSA) is 40.5 Å². The number of aliphatic hydroxyl groups is 1. The predicted molar refractivity (Wildman–Crippen MR) is 71.3 cm³/mol. The molecule has 0 aromatic heterocycles. The van der Waals surface area contributed by atoms with Crippen molar-refractivity contribution in [1.29, 1.82) is 0 Å². The van der Waals surface area contributed by atoms with Crippen LogP contribution < -0.4 is 0 Å². The highest BCUT2D eigenvalue weighted by Crippen LogP contribution is 2.21. The zero-order valence-corrected chi connectivity index (χ0v) is 11.1.